The van der Waals surface area contributed by atoms with Gasteiger partial charge in [0.15, 0.2) is 0 Å². The second-order valence-corrected chi connectivity index (χ2v) is 5.43. The van der Waals surface area contributed by atoms with Gasteiger partial charge in [-0.15, -0.1) is 0 Å². The van der Waals surface area contributed by atoms with Crippen molar-refractivity contribution in [1.29, 1.82) is 0 Å². The van der Waals surface area contributed by atoms with Crippen LogP contribution in [0.1, 0.15) is 25.5 Å². The highest BCUT2D eigenvalue weighted by molar-refractivity contribution is 6.30. The van der Waals surface area contributed by atoms with E-state index in [0.717, 1.165) is 18.7 Å². The van der Waals surface area contributed by atoms with Gasteiger partial charge < -0.3 is 10.6 Å². The molecule has 0 aliphatic carbocycles. The first-order chi connectivity index (χ1) is 8.58. The third-order valence-electron chi connectivity index (χ3n) is 3.64. The van der Waals surface area contributed by atoms with Crippen LogP contribution in [0.2, 0.25) is 5.02 Å². The van der Waals surface area contributed by atoms with E-state index in [4.69, 9.17) is 11.6 Å². The SMILES string of the molecule is CC(NC(=O)C(C)C1CNC1)c1cccc(Cl)c1. The Morgan fingerprint density at radius 3 is 2.72 bits per heavy atom. The fraction of sp³-hybridized carbons (Fsp3) is 0.500. The lowest BCUT2D eigenvalue weighted by molar-refractivity contribution is -0.127. The minimum atomic E-state index is -0.00770. The fourth-order valence-corrected chi connectivity index (χ4v) is 2.28. The largest absolute Gasteiger partial charge is 0.349 e. The predicted molar refractivity (Wildman–Crippen MR) is 73.5 cm³/mol. The van der Waals surface area contributed by atoms with Crippen molar-refractivity contribution in [2.75, 3.05) is 13.1 Å². The van der Waals surface area contributed by atoms with Crippen molar-refractivity contribution < 1.29 is 4.79 Å². The molecule has 3 nitrogen and oxygen atoms in total. The van der Waals surface area contributed by atoms with Gasteiger partial charge in [-0.2, -0.15) is 0 Å². The van der Waals surface area contributed by atoms with E-state index >= 15 is 0 Å². The van der Waals surface area contributed by atoms with Crippen molar-refractivity contribution in [3.8, 4) is 0 Å². The third-order valence-corrected chi connectivity index (χ3v) is 3.88. The molecule has 0 bridgehead atoms. The summed E-state index contributed by atoms with van der Waals surface area (Å²) in [4.78, 5) is 12.1. The van der Waals surface area contributed by atoms with E-state index < -0.39 is 0 Å². The molecular weight excluding hydrogens is 248 g/mol. The van der Waals surface area contributed by atoms with Crippen molar-refractivity contribution in [1.82, 2.24) is 10.6 Å². The van der Waals surface area contributed by atoms with Crippen LogP contribution in [0.5, 0.6) is 0 Å². The minimum absolute atomic E-state index is 0.00770. The second kappa shape index (κ2) is 5.72. The van der Waals surface area contributed by atoms with E-state index in [2.05, 4.69) is 10.6 Å². The Bertz CT molecular complexity index is 432. The van der Waals surface area contributed by atoms with E-state index in [1.54, 1.807) is 0 Å². The summed E-state index contributed by atoms with van der Waals surface area (Å²) in [5.41, 5.74) is 1.04. The first kappa shape index (κ1) is 13.4. The number of hydrogen-bond donors (Lipinski definition) is 2. The molecule has 1 fully saturated rings. The van der Waals surface area contributed by atoms with Crippen molar-refractivity contribution in [3.05, 3.63) is 34.9 Å². The van der Waals surface area contributed by atoms with Crippen LogP contribution in [0.4, 0.5) is 0 Å². The van der Waals surface area contributed by atoms with Gasteiger partial charge in [0.05, 0.1) is 6.04 Å². The van der Waals surface area contributed by atoms with Crippen LogP contribution < -0.4 is 10.6 Å². The molecule has 98 valence electrons. The van der Waals surface area contributed by atoms with Crippen LogP contribution in [0.25, 0.3) is 0 Å². The van der Waals surface area contributed by atoms with Gasteiger partial charge >= 0.3 is 0 Å². The highest BCUT2D eigenvalue weighted by atomic mass is 35.5. The number of carbonyl (C=O) groups excluding carboxylic acids is 1. The minimum Gasteiger partial charge on any atom is -0.349 e. The molecule has 2 rings (SSSR count). The molecule has 0 radical (unpaired) electrons. The van der Waals surface area contributed by atoms with Gasteiger partial charge in [-0.1, -0.05) is 30.7 Å². The number of benzene rings is 1. The molecule has 1 aliphatic rings. The molecule has 18 heavy (non-hydrogen) atoms. The summed E-state index contributed by atoms with van der Waals surface area (Å²) in [7, 11) is 0. The zero-order valence-corrected chi connectivity index (χ0v) is 11.5. The monoisotopic (exact) mass is 266 g/mol. The lowest BCUT2D eigenvalue weighted by atomic mass is 9.88. The number of rotatable bonds is 4. The summed E-state index contributed by atoms with van der Waals surface area (Å²) in [5.74, 6) is 0.651. The second-order valence-electron chi connectivity index (χ2n) is 4.99. The molecule has 0 saturated carbocycles. The summed E-state index contributed by atoms with van der Waals surface area (Å²) in [6.45, 7) is 5.86. The van der Waals surface area contributed by atoms with E-state index in [9.17, 15) is 4.79 Å². The van der Waals surface area contributed by atoms with Crippen LogP contribution in [-0.2, 0) is 4.79 Å². The first-order valence-electron chi connectivity index (χ1n) is 6.34. The quantitative estimate of drug-likeness (QED) is 0.879. The molecule has 1 aliphatic heterocycles. The molecule has 1 aromatic rings. The number of amides is 1. The molecule has 0 aromatic heterocycles. The third kappa shape index (κ3) is 3.03. The van der Waals surface area contributed by atoms with E-state index in [-0.39, 0.29) is 17.9 Å². The molecule has 1 heterocycles. The van der Waals surface area contributed by atoms with Gasteiger partial charge in [-0.05, 0) is 43.6 Å². The van der Waals surface area contributed by atoms with Gasteiger partial charge in [0.2, 0.25) is 5.91 Å². The molecule has 2 unspecified atom stereocenters. The van der Waals surface area contributed by atoms with Gasteiger partial charge in [-0.3, -0.25) is 4.79 Å². The van der Waals surface area contributed by atoms with Crippen molar-refractivity contribution >= 4 is 17.5 Å². The summed E-state index contributed by atoms with van der Waals surface area (Å²) < 4.78 is 0. The Kier molecular flexibility index (Phi) is 4.25. The number of carbonyl (C=O) groups is 1. The number of hydrogen-bond acceptors (Lipinski definition) is 2. The van der Waals surface area contributed by atoms with Gasteiger partial charge in [0.25, 0.3) is 0 Å². The Morgan fingerprint density at radius 1 is 1.44 bits per heavy atom. The topological polar surface area (TPSA) is 41.1 Å². The molecule has 1 saturated heterocycles. The lowest BCUT2D eigenvalue weighted by Crippen LogP contribution is -2.49. The summed E-state index contributed by atoms with van der Waals surface area (Å²) in [6, 6.07) is 7.60. The zero-order chi connectivity index (χ0) is 13.1. The van der Waals surface area contributed by atoms with Crippen molar-refractivity contribution in [2.24, 2.45) is 11.8 Å². The Morgan fingerprint density at radius 2 is 2.17 bits per heavy atom. The fourth-order valence-electron chi connectivity index (χ4n) is 2.08. The number of nitrogens with one attached hydrogen (secondary N) is 2. The van der Waals surface area contributed by atoms with Gasteiger partial charge in [-0.25, -0.2) is 0 Å². The van der Waals surface area contributed by atoms with Gasteiger partial charge in [0.1, 0.15) is 0 Å². The van der Waals surface area contributed by atoms with Crippen LogP contribution in [0, 0.1) is 11.8 Å². The lowest BCUT2D eigenvalue weighted by Gasteiger charge is -2.32. The van der Waals surface area contributed by atoms with Crippen LogP contribution in [0.15, 0.2) is 24.3 Å². The highest BCUT2D eigenvalue weighted by Gasteiger charge is 2.29. The Balaban J connectivity index is 1.94. The highest BCUT2D eigenvalue weighted by Crippen LogP contribution is 2.20. The van der Waals surface area contributed by atoms with E-state index in [1.807, 2.05) is 38.1 Å². The Labute approximate surface area is 113 Å². The summed E-state index contributed by atoms with van der Waals surface area (Å²) in [5, 5.41) is 6.94. The Hall–Kier alpha value is -1.06. The smallest absolute Gasteiger partial charge is 0.223 e. The van der Waals surface area contributed by atoms with Gasteiger partial charge in [0, 0.05) is 10.9 Å². The zero-order valence-electron chi connectivity index (χ0n) is 10.7. The average Bonchev–Trinajstić information content (AvgIpc) is 2.26. The molecule has 2 atom stereocenters. The van der Waals surface area contributed by atoms with E-state index in [0.29, 0.717) is 10.9 Å². The maximum atomic E-state index is 12.1. The predicted octanol–water partition coefficient (Wildman–Crippen LogP) is 2.37. The number of halogens is 1. The first-order valence-corrected chi connectivity index (χ1v) is 6.72. The van der Waals surface area contributed by atoms with Crippen LogP contribution in [-0.4, -0.2) is 19.0 Å². The van der Waals surface area contributed by atoms with Crippen molar-refractivity contribution in [3.63, 3.8) is 0 Å². The standard InChI is InChI=1S/C14H19ClN2O/c1-9(12-7-16-8-12)14(18)17-10(2)11-4-3-5-13(15)6-11/h3-6,9-10,12,16H,7-8H2,1-2H3,(H,17,18). The van der Waals surface area contributed by atoms with Crippen LogP contribution >= 0.6 is 11.6 Å². The molecule has 1 aromatic carbocycles. The molecule has 4 heteroatoms. The molecule has 0 spiro atoms. The maximum Gasteiger partial charge on any atom is 0.223 e. The molecular formula is C14H19ClN2O. The summed E-state index contributed by atoms with van der Waals surface area (Å²) >= 11 is 5.95. The average molecular weight is 267 g/mol. The molecule has 1 amide bonds. The van der Waals surface area contributed by atoms with Crippen LogP contribution in [0.3, 0.4) is 0 Å². The van der Waals surface area contributed by atoms with Crippen molar-refractivity contribution in [2.45, 2.75) is 19.9 Å². The summed E-state index contributed by atoms with van der Waals surface area (Å²) in [6.07, 6.45) is 0. The normalized spacial score (nSPS) is 18.8. The van der Waals surface area contributed by atoms with E-state index in [1.165, 1.54) is 0 Å². The molecule has 2 N–H and O–H groups in total. The maximum absolute atomic E-state index is 12.1.